The molecule has 0 bridgehead atoms. The van der Waals surface area contributed by atoms with Crippen LogP contribution in [0.3, 0.4) is 0 Å². The van der Waals surface area contributed by atoms with Crippen LogP contribution in [0, 0.1) is 0 Å². The molecule has 5 nitrogen and oxygen atoms in total. The molecule has 0 N–H and O–H groups in total. The van der Waals surface area contributed by atoms with Crippen molar-refractivity contribution in [1.29, 1.82) is 0 Å². The van der Waals surface area contributed by atoms with Crippen LogP contribution in [-0.2, 0) is 4.79 Å². The molecule has 6 heteroatoms. The van der Waals surface area contributed by atoms with Crippen molar-refractivity contribution in [3.05, 3.63) is 48.0 Å². The maximum absolute atomic E-state index is 12.3. The summed E-state index contributed by atoms with van der Waals surface area (Å²) in [5, 5.41) is 0.519. The molecule has 116 valence electrons. The number of carbonyl (C=O) groups excluding carboxylic acids is 1. The highest BCUT2D eigenvalue weighted by Gasteiger charge is 2.24. The van der Waals surface area contributed by atoms with Gasteiger partial charge in [0.25, 0.3) is 5.91 Å². The van der Waals surface area contributed by atoms with E-state index in [1.165, 1.54) is 0 Å². The quantitative estimate of drug-likeness (QED) is 0.870. The van der Waals surface area contributed by atoms with Gasteiger partial charge in [0.1, 0.15) is 5.75 Å². The number of piperidine rings is 1. The average molecular weight is 320 g/mol. The minimum Gasteiger partial charge on any atom is -0.482 e. The van der Waals surface area contributed by atoms with Gasteiger partial charge in [-0.05, 0) is 25.0 Å². The molecule has 0 saturated carbocycles. The number of halogens is 1. The lowest BCUT2D eigenvalue weighted by Gasteiger charge is -2.33. The number of hydrogen-bond donors (Lipinski definition) is 0. The van der Waals surface area contributed by atoms with Gasteiger partial charge in [-0.1, -0.05) is 23.7 Å². The molecule has 1 atom stereocenters. The van der Waals surface area contributed by atoms with E-state index in [0.29, 0.717) is 23.4 Å². The van der Waals surface area contributed by atoms with E-state index in [0.717, 1.165) is 19.4 Å². The lowest BCUT2D eigenvalue weighted by Crippen LogP contribution is -2.42. The number of amides is 1. The van der Waals surface area contributed by atoms with Crippen molar-refractivity contribution in [2.45, 2.75) is 18.9 Å². The molecule has 1 fully saturated rings. The Morgan fingerprint density at radius 1 is 1.41 bits per heavy atom. The first-order valence-corrected chi connectivity index (χ1v) is 7.74. The number of benzene rings is 1. The van der Waals surface area contributed by atoms with Crippen molar-refractivity contribution in [2.75, 3.05) is 19.7 Å². The van der Waals surface area contributed by atoms with Crippen LogP contribution in [0.15, 0.2) is 43.0 Å². The van der Waals surface area contributed by atoms with E-state index < -0.39 is 0 Å². The third-order valence-electron chi connectivity index (χ3n) is 3.88. The molecule has 2 aromatic rings. The Morgan fingerprint density at radius 3 is 3.05 bits per heavy atom. The fourth-order valence-corrected chi connectivity index (χ4v) is 2.89. The molecular formula is C16H18ClN3O2. The predicted molar refractivity (Wildman–Crippen MR) is 84.0 cm³/mol. The standard InChI is InChI=1S/C16H18ClN3O2/c17-14-5-1-2-6-15(14)22-11-16(21)19-8-3-4-13(10-19)20-9-7-18-12-20/h1-2,5-7,9,12-13H,3-4,8,10-11H2/t13-/m1/s1. The zero-order valence-corrected chi connectivity index (χ0v) is 12.9. The van der Waals surface area contributed by atoms with Crippen LogP contribution in [0.1, 0.15) is 18.9 Å². The van der Waals surface area contributed by atoms with E-state index in [9.17, 15) is 4.79 Å². The number of ether oxygens (including phenoxy) is 1. The van der Waals surface area contributed by atoms with E-state index in [1.807, 2.05) is 23.2 Å². The van der Waals surface area contributed by atoms with Gasteiger partial charge in [-0.2, -0.15) is 0 Å². The number of aromatic nitrogens is 2. The molecule has 0 spiro atoms. The second-order valence-electron chi connectivity index (χ2n) is 5.36. The van der Waals surface area contributed by atoms with Gasteiger partial charge < -0.3 is 14.2 Å². The van der Waals surface area contributed by atoms with Crippen LogP contribution in [0.4, 0.5) is 0 Å². The number of likely N-dealkylation sites (tertiary alicyclic amines) is 1. The van der Waals surface area contributed by atoms with Crippen molar-refractivity contribution in [1.82, 2.24) is 14.5 Å². The summed E-state index contributed by atoms with van der Waals surface area (Å²) in [5.41, 5.74) is 0. The summed E-state index contributed by atoms with van der Waals surface area (Å²) >= 11 is 6.02. The Labute approximate surface area is 134 Å². The van der Waals surface area contributed by atoms with Crippen molar-refractivity contribution in [3.8, 4) is 5.75 Å². The van der Waals surface area contributed by atoms with Crippen molar-refractivity contribution < 1.29 is 9.53 Å². The number of imidazole rings is 1. The van der Waals surface area contributed by atoms with Crippen molar-refractivity contribution in [2.24, 2.45) is 0 Å². The fourth-order valence-electron chi connectivity index (χ4n) is 2.70. The minimum absolute atomic E-state index is 0.00950. The van der Waals surface area contributed by atoms with Crippen LogP contribution >= 0.6 is 11.6 Å². The van der Waals surface area contributed by atoms with Gasteiger partial charge in [0.05, 0.1) is 17.4 Å². The van der Waals surface area contributed by atoms with Gasteiger partial charge in [-0.3, -0.25) is 4.79 Å². The van der Waals surface area contributed by atoms with Gasteiger partial charge in [-0.25, -0.2) is 4.98 Å². The number of para-hydroxylation sites is 1. The molecule has 1 saturated heterocycles. The van der Waals surface area contributed by atoms with E-state index in [1.54, 1.807) is 24.7 Å². The topological polar surface area (TPSA) is 47.4 Å². The predicted octanol–water partition coefficient (Wildman–Crippen LogP) is 2.78. The van der Waals surface area contributed by atoms with Gasteiger partial charge in [0.2, 0.25) is 0 Å². The molecular weight excluding hydrogens is 302 g/mol. The summed E-state index contributed by atoms with van der Waals surface area (Å²) in [4.78, 5) is 18.3. The summed E-state index contributed by atoms with van der Waals surface area (Å²) < 4.78 is 7.60. The Kier molecular flexibility index (Phi) is 4.63. The molecule has 1 aliphatic heterocycles. The second-order valence-corrected chi connectivity index (χ2v) is 5.77. The second kappa shape index (κ2) is 6.83. The average Bonchev–Trinajstić information content (AvgIpc) is 3.08. The summed E-state index contributed by atoms with van der Waals surface area (Å²) in [6.07, 6.45) is 7.56. The summed E-state index contributed by atoms with van der Waals surface area (Å²) in [5.74, 6) is 0.533. The van der Waals surface area contributed by atoms with Gasteiger partial charge in [-0.15, -0.1) is 0 Å². The highest BCUT2D eigenvalue weighted by atomic mass is 35.5. The first kappa shape index (κ1) is 14.9. The maximum atomic E-state index is 12.3. The molecule has 0 aliphatic carbocycles. The van der Waals surface area contributed by atoms with Crippen LogP contribution in [0.5, 0.6) is 5.75 Å². The minimum atomic E-state index is -0.00950. The summed E-state index contributed by atoms with van der Waals surface area (Å²) in [6, 6.07) is 7.47. The Balaban J connectivity index is 1.57. The Bertz CT molecular complexity index is 630. The normalized spacial score (nSPS) is 18.2. The van der Waals surface area contributed by atoms with Crippen LogP contribution in [0.25, 0.3) is 0 Å². The van der Waals surface area contributed by atoms with E-state index in [4.69, 9.17) is 16.3 Å². The molecule has 22 heavy (non-hydrogen) atoms. The summed E-state index contributed by atoms with van der Waals surface area (Å²) in [7, 11) is 0. The number of carbonyl (C=O) groups is 1. The van der Waals surface area contributed by atoms with Crippen LogP contribution in [0.2, 0.25) is 5.02 Å². The first-order valence-electron chi connectivity index (χ1n) is 7.36. The van der Waals surface area contributed by atoms with E-state index >= 15 is 0 Å². The smallest absolute Gasteiger partial charge is 0.260 e. The van der Waals surface area contributed by atoms with E-state index in [2.05, 4.69) is 9.55 Å². The number of nitrogens with zero attached hydrogens (tertiary/aromatic N) is 3. The summed E-state index contributed by atoms with van der Waals surface area (Å²) in [6.45, 7) is 1.48. The monoisotopic (exact) mass is 319 g/mol. The largest absolute Gasteiger partial charge is 0.482 e. The number of hydrogen-bond acceptors (Lipinski definition) is 3. The van der Waals surface area contributed by atoms with Crippen LogP contribution in [-0.4, -0.2) is 40.1 Å². The third kappa shape index (κ3) is 3.42. The molecule has 1 aromatic carbocycles. The molecule has 0 unspecified atom stereocenters. The van der Waals surface area contributed by atoms with Gasteiger partial charge in [0, 0.05) is 25.5 Å². The van der Waals surface area contributed by atoms with Gasteiger partial charge in [0.15, 0.2) is 6.61 Å². The zero-order valence-electron chi connectivity index (χ0n) is 12.2. The highest BCUT2D eigenvalue weighted by Crippen LogP contribution is 2.24. The molecule has 2 heterocycles. The fraction of sp³-hybridized carbons (Fsp3) is 0.375. The molecule has 1 amide bonds. The van der Waals surface area contributed by atoms with E-state index in [-0.39, 0.29) is 12.5 Å². The van der Waals surface area contributed by atoms with Crippen molar-refractivity contribution in [3.63, 3.8) is 0 Å². The third-order valence-corrected chi connectivity index (χ3v) is 4.20. The lowest BCUT2D eigenvalue weighted by molar-refractivity contribution is -0.135. The first-order chi connectivity index (χ1) is 10.7. The lowest BCUT2D eigenvalue weighted by atomic mass is 10.1. The zero-order chi connectivity index (χ0) is 15.4. The Morgan fingerprint density at radius 2 is 2.27 bits per heavy atom. The molecule has 1 aliphatic rings. The maximum Gasteiger partial charge on any atom is 0.260 e. The van der Waals surface area contributed by atoms with Gasteiger partial charge >= 0.3 is 0 Å². The Hall–Kier alpha value is -2.01. The molecule has 3 rings (SSSR count). The molecule has 1 aromatic heterocycles. The van der Waals surface area contributed by atoms with Crippen LogP contribution < -0.4 is 4.74 Å². The number of rotatable bonds is 4. The van der Waals surface area contributed by atoms with Crippen molar-refractivity contribution >= 4 is 17.5 Å². The SMILES string of the molecule is O=C(COc1ccccc1Cl)N1CCC[C@@H](n2ccnc2)C1. The molecule has 0 radical (unpaired) electrons. The highest BCUT2D eigenvalue weighted by molar-refractivity contribution is 6.32.